The predicted molar refractivity (Wildman–Crippen MR) is 64.1 cm³/mol. The van der Waals surface area contributed by atoms with Crippen LogP contribution < -0.4 is 5.32 Å². The molecule has 102 valence electrons. The lowest BCUT2D eigenvalue weighted by molar-refractivity contribution is -0.141. The number of nitrogens with zero attached hydrogens (tertiary/aromatic N) is 2. The number of aliphatic carboxylic acids is 1. The van der Waals surface area contributed by atoms with Crippen LogP contribution in [0.2, 0.25) is 0 Å². The molecule has 1 aliphatic heterocycles. The van der Waals surface area contributed by atoms with Crippen molar-refractivity contribution in [3.05, 3.63) is 0 Å². The maximum atomic E-state index is 11.6. The molecule has 0 spiro atoms. The minimum absolute atomic E-state index is 0.0243. The molecule has 3 amide bonds. The summed E-state index contributed by atoms with van der Waals surface area (Å²) in [6.07, 6.45) is -0.119. The van der Waals surface area contributed by atoms with Crippen LogP contribution in [0.3, 0.4) is 0 Å². The molecule has 1 fully saturated rings. The van der Waals surface area contributed by atoms with Gasteiger partial charge in [-0.05, 0) is 6.92 Å². The molecule has 7 heteroatoms. The number of carbonyl (C=O) groups is 3. The van der Waals surface area contributed by atoms with Crippen molar-refractivity contribution in [3.8, 4) is 0 Å². The quantitative estimate of drug-likeness (QED) is 0.725. The number of carbonyl (C=O) groups excluding carboxylic acids is 2. The van der Waals surface area contributed by atoms with Crippen molar-refractivity contribution in [3.63, 3.8) is 0 Å². The molecule has 0 aromatic rings. The van der Waals surface area contributed by atoms with Crippen molar-refractivity contribution < 1.29 is 19.5 Å². The molecule has 0 atom stereocenters. The summed E-state index contributed by atoms with van der Waals surface area (Å²) in [5.74, 6) is -1.13. The lowest BCUT2D eigenvalue weighted by Crippen LogP contribution is -2.53. The van der Waals surface area contributed by atoms with Gasteiger partial charge < -0.3 is 20.2 Å². The number of carboxylic acids is 1. The Balaban J connectivity index is 2.32. The van der Waals surface area contributed by atoms with Crippen LogP contribution in [0.4, 0.5) is 4.79 Å². The van der Waals surface area contributed by atoms with Gasteiger partial charge in [0.15, 0.2) is 0 Å². The number of amides is 3. The third-order valence-corrected chi connectivity index (χ3v) is 2.80. The van der Waals surface area contributed by atoms with Crippen molar-refractivity contribution in [2.45, 2.75) is 19.8 Å². The molecule has 0 radical (unpaired) electrons. The van der Waals surface area contributed by atoms with Crippen LogP contribution in [0.5, 0.6) is 0 Å². The molecule has 1 aliphatic rings. The molecule has 0 aliphatic carbocycles. The molecule has 0 unspecified atom stereocenters. The van der Waals surface area contributed by atoms with Gasteiger partial charge in [0.1, 0.15) is 0 Å². The van der Waals surface area contributed by atoms with E-state index in [1.807, 2.05) is 6.92 Å². The number of hydrogen-bond donors (Lipinski definition) is 2. The SMILES string of the molecule is CCNC(=O)N1CCN(C(=O)CCC(=O)O)CC1. The van der Waals surface area contributed by atoms with Gasteiger partial charge in [0, 0.05) is 39.1 Å². The van der Waals surface area contributed by atoms with Gasteiger partial charge in [-0.2, -0.15) is 0 Å². The Morgan fingerprint density at radius 2 is 1.61 bits per heavy atom. The summed E-state index contributed by atoms with van der Waals surface area (Å²) < 4.78 is 0. The summed E-state index contributed by atoms with van der Waals surface area (Å²) in [5.41, 5.74) is 0. The lowest BCUT2D eigenvalue weighted by atomic mass is 10.2. The molecule has 18 heavy (non-hydrogen) atoms. The van der Waals surface area contributed by atoms with E-state index in [4.69, 9.17) is 5.11 Å². The summed E-state index contributed by atoms with van der Waals surface area (Å²) in [7, 11) is 0. The van der Waals surface area contributed by atoms with E-state index in [1.165, 1.54) is 0 Å². The van der Waals surface area contributed by atoms with Crippen molar-refractivity contribution in [1.29, 1.82) is 0 Å². The van der Waals surface area contributed by atoms with Crippen LogP contribution in [0, 0.1) is 0 Å². The van der Waals surface area contributed by atoms with Crippen molar-refractivity contribution in [2.24, 2.45) is 0 Å². The minimum Gasteiger partial charge on any atom is -0.481 e. The molecule has 7 nitrogen and oxygen atoms in total. The summed E-state index contributed by atoms with van der Waals surface area (Å²) in [6.45, 7) is 4.35. The van der Waals surface area contributed by atoms with Crippen LogP contribution in [-0.2, 0) is 9.59 Å². The van der Waals surface area contributed by atoms with Gasteiger partial charge in [0.05, 0.1) is 6.42 Å². The highest BCUT2D eigenvalue weighted by atomic mass is 16.4. The van der Waals surface area contributed by atoms with Gasteiger partial charge >= 0.3 is 12.0 Å². The van der Waals surface area contributed by atoms with E-state index < -0.39 is 5.97 Å². The standard InChI is InChI=1S/C11H19N3O4/c1-2-12-11(18)14-7-5-13(6-8-14)9(15)3-4-10(16)17/h2-8H2,1H3,(H,12,18)(H,16,17). The topological polar surface area (TPSA) is 90.0 Å². The Bertz CT molecular complexity index is 324. The third-order valence-electron chi connectivity index (χ3n) is 2.80. The van der Waals surface area contributed by atoms with E-state index in [9.17, 15) is 14.4 Å². The molecular weight excluding hydrogens is 238 g/mol. The van der Waals surface area contributed by atoms with E-state index in [2.05, 4.69) is 5.32 Å². The average Bonchev–Trinajstić information content (AvgIpc) is 2.36. The fourth-order valence-electron chi connectivity index (χ4n) is 1.79. The second-order valence-electron chi connectivity index (χ2n) is 4.10. The number of piperazine rings is 1. The first-order chi connectivity index (χ1) is 8.54. The lowest BCUT2D eigenvalue weighted by Gasteiger charge is -2.34. The summed E-state index contributed by atoms with van der Waals surface area (Å²) in [6, 6.07) is -0.116. The van der Waals surface area contributed by atoms with E-state index in [0.717, 1.165) is 0 Å². The maximum absolute atomic E-state index is 11.6. The van der Waals surface area contributed by atoms with Crippen LogP contribution in [-0.4, -0.2) is 65.5 Å². The average molecular weight is 257 g/mol. The normalized spacial score (nSPS) is 15.4. The number of carboxylic acid groups (broad SMARTS) is 1. The first kappa shape index (κ1) is 14.3. The molecule has 1 saturated heterocycles. The molecule has 0 aromatic heterocycles. The Hall–Kier alpha value is -1.79. The third kappa shape index (κ3) is 4.23. The van der Waals surface area contributed by atoms with Crippen LogP contribution >= 0.6 is 0 Å². The van der Waals surface area contributed by atoms with Crippen molar-refractivity contribution in [1.82, 2.24) is 15.1 Å². The summed E-state index contributed by atoms with van der Waals surface area (Å²) in [5, 5.41) is 11.2. The largest absolute Gasteiger partial charge is 0.481 e. The molecule has 0 aromatic carbocycles. The van der Waals surface area contributed by atoms with Crippen molar-refractivity contribution in [2.75, 3.05) is 32.7 Å². The number of urea groups is 1. The zero-order valence-corrected chi connectivity index (χ0v) is 10.5. The maximum Gasteiger partial charge on any atom is 0.317 e. The van der Waals surface area contributed by atoms with Crippen molar-refractivity contribution >= 4 is 17.9 Å². The monoisotopic (exact) mass is 257 g/mol. The van der Waals surface area contributed by atoms with E-state index in [-0.39, 0.29) is 24.8 Å². The number of hydrogen-bond acceptors (Lipinski definition) is 3. The Morgan fingerprint density at radius 3 is 2.11 bits per heavy atom. The predicted octanol–water partition coefficient (Wildman–Crippen LogP) is -0.275. The van der Waals surface area contributed by atoms with Gasteiger partial charge in [-0.3, -0.25) is 9.59 Å². The number of nitrogens with one attached hydrogen (secondary N) is 1. The highest BCUT2D eigenvalue weighted by Gasteiger charge is 2.23. The van der Waals surface area contributed by atoms with Crippen LogP contribution in [0.1, 0.15) is 19.8 Å². The van der Waals surface area contributed by atoms with E-state index >= 15 is 0 Å². The van der Waals surface area contributed by atoms with Gasteiger partial charge in [-0.1, -0.05) is 0 Å². The highest BCUT2D eigenvalue weighted by Crippen LogP contribution is 2.05. The Labute approximate surface area is 106 Å². The first-order valence-corrected chi connectivity index (χ1v) is 6.07. The van der Waals surface area contributed by atoms with Gasteiger partial charge in [-0.25, -0.2) is 4.79 Å². The van der Waals surface area contributed by atoms with Crippen LogP contribution in [0.15, 0.2) is 0 Å². The van der Waals surface area contributed by atoms with Gasteiger partial charge in [0.2, 0.25) is 5.91 Å². The molecule has 1 heterocycles. The second kappa shape index (κ2) is 6.83. The zero-order chi connectivity index (χ0) is 13.5. The molecule has 0 bridgehead atoms. The smallest absolute Gasteiger partial charge is 0.317 e. The summed E-state index contributed by atoms with van der Waals surface area (Å²) >= 11 is 0. The van der Waals surface area contributed by atoms with Gasteiger partial charge in [-0.15, -0.1) is 0 Å². The number of rotatable bonds is 4. The van der Waals surface area contributed by atoms with Crippen LogP contribution in [0.25, 0.3) is 0 Å². The first-order valence-electron chi connectivity index (χ1n) is 6.07. The highest BCUT2D eigenvalue weighted by molar-refractivity contribution is 5.81. The fourth-order valence-corrected chi connectivity index (χ4v) is 1.79. The van der Waals surface area contributed by atoms with Gasteiger partial charge in [0.25, 0.3) is 0 Å². The van der Waals surface area contributed by atoms with E-state index in [1.54, 1.807) is 9.80 Å². The Kier molecular flexibility index (Phi) is 5.41. The molecule has 2 N–H and O–H groups in total. The second-order valence-corrected chi connectivity index (χ2v) is 4.10. The molecule has 0 saturated carbocycles. The zero-order valence-electron chi connectivity index (χ0n) is 10.5. The van der Waals surface area contributed by atoms with E-state index in [0.29, 0.717) is 32.7 Å². The molecular formula is C11H19N3O4. The summed E-state index contributed by atoms with van der Waals surface area (Å²) in [4.78, 5) is 36.8. The fraction of sp³-hybridized carbons (Fsp3) is 0.727. The molecule has 1 rings (SSSR count). The Morgan fingerprint density at radius 1 is 1.06 bits per heavy atom. The minimum atomic E-state index is -0.968.